The van der Waals surface area contributed by atoms with E-state index in [-0.39, 0.29) is 36.9 Å². The SMILES string of the molecule is CCCOC[C@@H]1NC(=O)[C@@H](N)CCCCOc2ccc(cc2)C[C@@H]([C@H](O)CN(CCC(C)C)S(=O)(=O)c2ccc(N)cc2)NC1=O. The van der Waals surface area contributed by atoms with Crippen LogP contribution in [0.3, 0.4) is 0 Å². The van der Waals surface area contributed by atoms with Crippen molar-refractivity contribution in [3.63, 3.8) is 0 Å². The van der Waals surface area contributed by atoms with Gasteiger partial charge in [0.1, 0.15) is 11.8 Å². The van der Waals surface area contributed by atoms with E-state index < -0.39 is 46.1 Å². The molecule has 256 valence electrons. The van der Waals surface area contributed by atoms with Crippen LogP contribution in [0.2, 0.25) is 0 Å². The van der Waals surface area contributed by atoms with Crippen LogP contribution in [0.15, 0.2) is 53.4 Å². The zero-order valence-electron chi connectivity index (χ0n) is 27.2. The number of nitrogen functional groups attached to an aromatic ring is 1. The molecule has 2 bridgehead atoms. The lowest BCUT2D eigenvalue weighted by atomic mass is 10.00. The predicted molar refractivity (Wildman–Crippen MR) is 178 cm³/mol. The van der Waals surface area contributed by atoms with Crippen LogP contribution in [-0.2, 0) is 30.8 Å². The summed E-state index contributed by atoms with van der Waals surface area (Å²) in [4.78, 5) is 26.7. The largest absolute Gasteiger partial charge is 0.494 e. The van der Waals surface area contributed by atoms with Gasteiger partial charge in [-0.05, 0) is 86.4 Å². The van der Waals surface area contributed by atoms with Crippen molar-refractivity contribution in [2.24, 2.45) is 11.7 Å². The Bertz CT molecular complexity index is 1340. The molecular formula is C33H51N5O7S. The van der Waals surface area contributed by atoms with Gasteiger partial charge in [0.15, 0.2) is 0 Å². The summed E-state index contributed by atoms with van der Waals surface area (Å²) in [6.07, 6.45) is 1.92. The minimum atomic E-state index is -4.01. The summed E-state index contributed by atoms with van der Waals surface area (Å²) in [6, 6.07) is 10.4. The highest BCUT2D eigenvalue weighted by Gasteiger charge is 2.33. The molecule has 0 saturated heterocycles. The fraction of sp³-hybridized carbons (Fsp3) is 0.576. The average Bonchev–Trinajstić information content (AvgIpc) is 3.02. The maximum atomic E-state index is 13.8. The lowest BCUT2D eigenvalue weighted by molar-refractivity contribution is -0.132. The molecule has 7 N–H and O–H groups in total. The molecule has 2 aromatic carbocycles. The van der Waals surface area contributed by atoms with Crippen molar-refractivity contribution < 1.29 is 32.6 Å². The lowest BCUT2D eigenvalue weighted by Crippen LogP contribution is -2.58. The minimum absolute atomic E-state index is 0.0541. The number of amides is 2. The number of aliphatic hydroxyl groups is 1. The molecule has 0 aliphatic carbocycles. The van der Waals surface area contributed by atoms with E-state index in [1.807, 2.05) is 45.0 Å². The van der Waals surface area contributed by atoms with Gasteiger partial charge in [-0.3, -0.25) is 9.59 Å². The van der Waals surface area contributed by atoms with E-state index in [1.54, 1.807) is 0 Å². The molecule has 0 saturated carbocycles. The highest BCUT2D eigenvalue weighted by Crippen LogP contribution is 2.21. The van der Waals surface area contributed by atoms with Crippen molar-refractivity contribution in [1.82, 2.24) is 14.9 Å². The third-order valence-corrected chi connectivity index (χ3v) is 9.70. The number of carbonyl (C=O) groups excluding carboxylic acids is 2. The Balaban J connectivity index is 1.94. The van der Waals surface area contributed by atoms with E-state index >= 15 is 0 Å². The van der Waals surface area contributed by atoms with Gasteiger partial charge >= 0.3 is 0 Å². The number of fused-ring (bicyclic) bond motifs is 14. The number of rotatable bonds is 12. The van der Waals surface area contributed by atoms with Crippen LogP contribution >= 0.6 is 0 Å². The Morgan fingerprint density at radius 2 is 1.74 bits per heavy atom. The molecule has 0 fully saturated rings. The fourth-order valence-electron chi connectivity index (χ4n) is 4.97. The second-order valence-electron chi connectivity index (χ2n) is 12.2. The highest BCUT2D eigenvalue weighted by atomic mass is 32.2. The summed E-state index contributed by atoms with van der Waals surface area (Å²) >= 11 is 0. The number of hydrogen-bond acceptors (Lipinski definition) is 9. The van der Waals surface area contributed by atoms with Gasteiger partial charge in [-0.25, -0.2) is 8.42 Å². The first-order chi connectivity index (χ1) is 21.9. The average molecular weight is 662 g/mol. The molecule has 0 aromatic heterocycles. The minimum Gasteiger partial charge on any atom is -0.494 e. The van der Waals surface area contributed by atoms with Crippen molar-refractivity contribution >= 4 is 27.5 Å². The molecule has 12 nitrogen and oxygen atoms in total. The van der Waals surface area contributed by atoms with Crippen LogP contribution < -0.4 is 26.8 Å². The first kappa shape index (κ1) is 37.2. The number of benzene rings is 2. The first-order valence-corrected chi connectivity index (χ1v) is 17.5. The molecule has 13 heteroatoms. The molecule has 46 heavy (non-hydrogen) atoms. The van der Waals surface area contributed by atoms with E-state index in [0.717, 1.165) is 12.0 Å². The summed E-state index contributed by atoms with van der Waals surface area (Å²) in [5.74, 6) is -0.185. The Morgan fingerprint density at radius 3 is 2.39 bits per heavy atom. The van der Waals surface area contributed by atoms with Crippen LogP contribution in [0.1, 0.15) is 58.4 Å². The van der Waals surface area contributed by atoms with Gasteiger partial charge in [-0.2, -0.15) is 4.31 Å². The van der Waals surface area contributed by atoms with Gasteiger partial charge in [0.2, 0.25) is 21.8 Å². The number of hydrogen-bond donors (Lipinski definition) is 5. The van der Waals surface area contributed by atoms with Crippen LogP contribution in [0, 0.1) is 5.92 Å². The van der Waals surface area contributed by atoms with Gasteiger partial charge in [-0.15, -0.1) is 0 Å². The molecule has 2 heterocycles. The molecule has 4 rings (SSSR count). The normalized spacial score (nSPS) is 21.0. The van der Waals surface area contributed by atoms with Gasteiger partial charge in [0.05, 0.1) is 36.3 Å². The Kier molecular flexibility index (Phi) is 14.7. The van der Waals surface area contributed by atoms with Gasteiger partial charge in [-0.1, -0.05) is 32.9 Å². The number of aliphatic hydroxyl groups excluding tert-OH is 1. The molecule has 0 radical (unpaired) electrons. The van der Waals surface area contributed by atoms with E-state index in [2.05, 4.69) is 10.6 Å². The lowest BCUT2D eigenvalue weighted by Gasteiger charge is -2.31. The summed E-state index contributed by atoms with van der Waals surface area (Å²) < 4.78 is 40.3. The van der Waals surface area contributed by atoms with Gasteiger partial charge in [0, 0.05) is 25.4 Å². The highest BCUT2D eigenvalue weighted by molar-refractivity contribution is 7.89. The second kappa shape index (κ2) is 18.2. The molecule has 2 aliphatic heterocycles. The molecule has 2 aliphatic rings. The smallest absolute Gasteiger partial charge is 0.245 e. The molecule has 2 aromatic rings. The summed E-state index contributed by atoms with van der Waals surface area (Å²) in [5, 5.41) is 17.3. The van der Waals surface area contributed by atoms with Gasteiger partial charge < -0.3 is 36.7 Å². The summed E-state index contributed by atoms with van der Waals surface area (Å²) in [5.41, 5.74) is 13.2. The van der Waals surface area contributed by atoms with Crippen LogP contribution in [0.4, 0.5) is 5.69 Å². The number of sulfonamides is 1. The predicted octanol–water partition coefficient (Wildman–Crippen LogP) is 2.20. The molecular weight excluding hydrogens is 610 g/mol. The van der Waals surface area contributed by atoms with Crippen molar-refractivity contribution in [2.45, 2.75) is 88.4 Å². The van der Waals surface area contributed by atoms with Crippen LogP contribution in [-0.4, -0.2) is 86.8 Å². The number of nitrogens with two attached hydrogens (primary N) is 2. The number of carbonyl (C=O) groups is 2. The monoisotopic (exact) mass is 661 g/mol. The van der Waals surface area contributed by atoms with Crippen molar-refractivity contribution in [1.29, 1.82) is 0 Å². The number of nitrogens with one attached hydrogen (secondary N) is 2. The maximum Gasteiger partial charge on any atom is 0.245 e. The fourth-order valence-corrected chi connectivity index (χ4v) is 6.45. The first-order valence-electron chi connectivity index (χ1n) is 16.1. The van der Waals surface area contributed by atoms with Crippen LogP contribution in [0.5, 0.6) is 5.75 Å². The molecule has 4 atom stereocenters. The molecule has 0 spiro atoms. The molecule has 2 amide bonds. The zero-order chi connectivity index (χ0) is 33.7. The number of anilines is 1. The van der Waals surface area contributed by atoms with Crippen molar-refractivity contribution in [3.8, 4) is 5.75 Å². The van der Waals surface area contributed by atoms with Crippen molar-refractivity contribution in [2.75, 3.05) is 38.6 Å². The Labute approximate surface area is 273 Å². The zero-order valence-corrected chi connectivity index (χ0v) is 28.0. The second-order valence-corrected chi connectivity index (χ2v) is 14.2. The third kappa shape index (κ3) is 11.5. The summed E-state index contributed by atoms with van der Waals surface area (Å²) in [7, 11) is -4.01. The van der Waals surface area contributed by atoms with E-state index in [4.69, 9.17) is 20.9 Å². The van der Waals surface area contributed by atoms with E-state index in [0.29, 0.717) is 50.3 Å². The van der Waals surface area contributed by atoms with Gasteiger partial charge in [0.25, 0.3) is 0 Å². The topological polar surface area (TPSA) is 186 Å². The summed E-state index contributed by atoms with van der Waals surface area (Å²) in [6.45, 7) is 6.55. The Morgan fingerprint density at radius 1 is 1.04 bits per heavy atom. The van der Waals surface area contributed by atoms with E-state index in [1.165, 1.54) is 28.6 Å². The van der Waals surface area contributed by atoms with E-state index in [9.17, 15) is 23.1 Å². The van der Waals surface area contributed by atoms with Crippen molar-refractivity contribution in [3.05, 3.63) is 54.1 Å². The Hall–Kier alpha value is -3.23. The maximum absolute atomic E-state index is 13.8. The van der Waals surface area contributed by atoms with Crippen LogP contribution in [0.25, 0.3) is 0 Å². The quantitative estimate of drug-likeness (QED) is 0.168. The molecule has 0 unspecified atom stereocenters. The number of ether oxygens (including phenoxy) is 2. The number of nitrogens with zero attached hydrogens (tertiary/aromatic N) is 1. The third-order valence-electron chi connectivity index (χ3n) is 7.82. The standard InChI is InChI=1S/C33H51N5O7S/c1-4-18-44-22-30-33(41)36-29(20-24-8-12-26(13-9-24)45-19-6-5-7-28(35)32(40)37-30)31(39)21-38(17-16-23(2)3)46(42,43)27-14-10-25(34)11-15-27/h8-15,23,28-31,39H,4-7,16-22,34-35H2,1-3H3,(H,36,41)(H,37,40)/t28-,29-,30-,31+/m0/s1.